The lowest BCUT2D eigenvalue weighted by Crippen LogP contribution is -2.57. The highest BCUT2D eigenvalue weighted by Crippen LogP contribution is 2.62. The summed E-state index contributed by atoms with van der Waals surface area (Å²) < 4.78 is 0. The third kappa shape index (κ3) is 1.71. The third-order valence-corrected chi connectivity index (χ3v) is 5.72. The first-order chi connectivity index (χ1) is 9.48. The fourth-order valence-electron chi connectivity index (χ4n) is 5.49. The summed E-state index contributed by atoms with van der Waals surface area (Å²) in [7, 11) is 0. The number of nitro groups is 1. The largest absolute Gasteiger partial charge is 0.390 e. The van der Waals surface area contributed by atoms with Crippen LogP contribution < -0.4 is 0 Å². The quantitative estimate of drug-likeness (QED) is 0.665. The van der Waals surface area contributed by atoms with Crippen molar-refractivity contribution in [1.29, 1.82) is 0 Å². The number of benzene rings is 1. The minimum Gasteiger partial charge on any atom is -0.390 e. The van der Waals surface area contributed by atoms with Crippen LogP contribution in [0.1, 0.15) is 44.1 Å². The monoisotopic (exact) mass is 273 g/mol. The van der Waals surface area contributed by atoms with Crippen molar-refractivity contribution in [2.24, 2.45) is 11.8 Å². The van der Waals surface area contributed by atoms with Crippen molar-refractivity contribution in [2.75, 3.05) is 0 Å². The van der Waals surface area contributed by atoms with E-state index in [-0.39, 0.29) is 16.0 Å². The molecule has 1 aromatic rings. The zero-order valence-corrected chi connectivity index (χ0v) is 11.4. The summed E-state index contributed by atoms with van der Waals surface area (Å²) in [4.78, 5) is 10.4. The van der Waals surface area contributed by atoms with Crippen LogP contribution in [0.4, 0.5) is 5.69 Å². The van der Waals surface area contributed by atoms with Gasteiger partial charge in [-0.15, -0.1) is 0 Å². The molecule has 4 fully saturated rings. The summed E-state index contributed by atoms with van der Waals surface area (Å²) in [6.07, 6.45) is 6.30. The lowest BCUT2D eigenvalue weighted by atomic mass is 9.46. The zero-order valence-electron chi connectivity index (χ0n) is 11.4. The van der Waals surface area contributed by atoms with E-state index in [1.54, 1.807) is 12.1 Å². The molecule has 4 nitrogen and oxygen atoms in total. The van der Waals surface area contributed by atoms with Gasteiger partial charge >= 0.3 is 0 Å². The smallest absolute Gasteiger partial charge is 0.269 e. The standard InChI is InChI=1S/C16H19NO3/c18-16-8-11-5-12(9-16)7-15(6-11,10-16)13-1-3-14(4-2-13)17(19)20/h1-4,11-12,18H,5-10H2/t11-,12-,15?,16?/m0/s1. The summed E-state index contributed by atoms with van der Waals surface area (Å²) in [6.45, 7) is 0. The highest BCUT2D eigenvalue weighted by atomic mass is 16.6. The van der Waals surface area contributed by atoms with E-state index in [1.165, 1.54) is 12.0 Å². The molecule has 0 saturated heterocycles. The number of nitrogens with zero attached hydrogens (tertiary/aromatic N) is 1. The van der Waals surface area contributed by atoms with E-state index in [0.29, 0.717) is 11.8 Å². The number of aliphatic hydroxyl groups is 1. The summed E-state index contributed by atoms with van der Waals surface area (Å²) in [5, 5.41) is 21.5. The Morgan fingerprint density at radius 2 is 1.70 bits per heavy atom. The number of hydrogen-bond acceptors (Lipinski definition) is 3. The van der Waals surface area contributed by atoms with E-state index in [9.17, 15) is 15.2 Å². The lowest BCUT2D eigenvalue weighted by molar-refractivity contribution is -0.384. The van der Waals surface area contributed by atoms with Gasteiger partial charge in [0.25, 0.3) is 5.69 Å². The molecular formula is C16H19NO3. The molecule has 1 aromatic carbocycles. The van der Waals surface area contributed by atoms with Gasteiger partial charge in [-0.3, -0.25) is 10.1 Å². The second-order valence-electron chi connectivity index (χ2n) is 7.27. The normalized spacial score (nSPS) is 41.9. The van der Waals surface area contributed by atoms with E-state index < -0.39 is 5.60 Å². The van der Waals surface area contributed by atoms with Crippen LogP contribution in [0.3, 0.4) is 0 Å². The molecule has 1 N–H and O–H groups in total. The molecule has 4 bridgehead atoms. The van der Waals surface area contributed by atoms with Gasteiger partial charge in [0.2, 0.25) is 0 Å². The highest BCUT2D eigenvalue weighted by molar-refractivity contribution is 5.38. The maximum Gasteiger partial charge on any atom is 0.269 e. The second kappa shape index (κ2) is 3.82. The summed E-state index contributed by atoms with van der Waals surface area (Å²) in [5.41, 5.74) is 0.924. The molecule has 4 aliphatic carbocycles. The van der Waals surface area contributed by atoms with E-state index in [4.69, 9.17) is 0 Å². The molecular weight excluding hydrogens is 254 g/mol. The topological polar surface area (TPSA) is 63.4 Å². The maximum absolute atomic E-state index is 10.8. The average molecular weight is 273 g/mol. The van der Waals surface area contributed by atoms with Crippen LogP contribution in [0.25, 0.3) is 0 Å². The van der Waals surface area contributed by atoms with Crippen LogP contribution >= 0.6 is 0 Å². The van der Waals surface area contributed by atoms with Crippen molar-refractivity contribution < 1.29 is 10.0 Å². The predicted molar refractivity (Wildman–Crippen MR) is 74.4 cm³/mol. The van der Waals surface area contributed by atoms with Gasteiger partial charge in [-0.25, -0.2) is 0 Å². The molecule has 0 radical (unpaired) electrons. The van der Waals surface area contributed by atoms with Gasteiger partial charge in [-0.2, -0.15) is 0 Å². The van der Waals surface area contributed by atoms with Crippen molar-refractivity contribution in [3.8, 4) is 0 Å². The summed E-state index contributed by atoms with van der Waals surface area (Å²) in [5.74, 6) is 1.27. The van der Waals surface area contributed by atoms with Gasteiger partial charge in [-0.05, 0) is 61.3 Å². The van der Waals surface area contributed by atoms with Crippen LogP contribution in [-0.2, 0) is 5.41 Å². The van der Waals surface area contributed by atoms with E-state index in [0.717, 1.165) is 32.1 Å². The highest BCUT2D eigenvalue weighted by Gasteiger charge is 2.57. The molecule has 0 unspecified atom stereocenters. The van der Waals surface area contributed by atoms with Crippen LogP contribution in [0.5, 0.6) is 0 Å². The Kier molecular flexibility index (Phi) is 2.35. The third-order valence-electron chi connectivity index (χ3n) is 5.72. The minimum absolute atomic E-state index is 0.0635. The molecule has 0 spiro atoms. The Balaban J connectivity index is 1.72. The first-order valence-electron chi connectivity index (χ1n) is 7.45. The van der Waals surface area contributed by atoms with Gasteiger partial charge in [0.1, 0.15) is 0 Å². The van der Waals surface area contributed by atoms with Crippen molar-refractivity contribution in [2.45, 2.75) is 49.5 Å². The molecule has 106 valence electrons. The van der Waals surface area contributed by atoms with Gasteiger partial charge in [-0.1, -0.05) is 12.1 Å². The van der Waals surface area contributed by atoms with Crippen molar-refractivity contribution >= 4 is 5.69 Å². The Bertz CT molecular complexity index is 552. The van der Waals surface area contributed by atoms with Crippen LogP contribution in [-0.4, -0.2) is 15.6 Å². The SMILES string of the molecule is O=[N+]([O-])c1ccc(C23C[C@@H]4C[C@H](CC(O)(C4)C2)C3)cc1. The Hall–Kier alpha value is -1.42. The molecule has 0 heterocycles. The van der Waals surface area contributed by atoms with Crippen molar-refractivity contribution in [1.82, 2.24) is 0 Å². The van der Waals surface area contributed by atoms with Gasteiger partial charge in [0.15, 0.2) is 0 Å². The molecule has 4 aliphatic rings. The molecule has 20 heavy (non-hydrogen) atoms. The van der Waals surface area contributed by atoms with Crippen molar-refractivity contribution in [3.63, 3.8) is 0 Å². The minimum atomic E-state index is -0.480. The molecule has 2 atom stereocenters. The van der Waals surface area contributed by atoms with E-state index in [2.05, 4.69) is 0 Å². The number of rotatable bonds is 2. The van der Waals surface area contributed by atoms with Crippen LogP contribution in [0, 0.1) is 22.0 Å². The predicted octanol–water partition coefficient (Wildman–Crippen LogP) is 3.18. The van der Waals surface area contributed by atoms with Crippen molar-refractivity contribution in [3.05, 3.63) is 39.9 Å². The van der Waals surface area contributed by atoms with Gasteiger partial charge in [0.05, 0.1) is 10.5 Å². The Labute approximate surface area is 118 Å². The van der Waals surface area contributed by atoms with E-state index >= 15 is 0 Å². The molecule has 4 saturated carbocycles. The average Bonchev–Trinajstić information content (AvgIpc) is 2.36. The number of hydrogen-bond donors (Lipinski definition) is 1. The molecule has 0 aromatic heterocycles. The Morgan fingerprint density at radius 3 is 2.20 bits per heavy atom. The maximum atomic E-state index is 10.8. The number of non-ortho nitro benzene ring substituents is 1. The fraction of sp³-hybridized carbons (Fsp3) is 0.625. The van der Waals surface area contributed by atoms with Gasteiger partial charge in [0, 0.05) is 12.1 Å². The summed E-state index contributed by atoms with van der Waals surface area (Å²) in [6, 6.07) is 7.04. The van der Waals surface area contributed by atoms with Crippen LogP contribution in [0.2, 0.25) is 0 Å². The lowest BCUT2D eigenvalue weighted by Gasteiger charge is -2.60. The first-order valence-corrected chi connectivity index (χ1v) is 7.45. The Morgan fingerprint density at radius 1 is 1.10 bits per heavy atom. The van der Waals surface area contributed by atoms with Gasteiger partial charge < -0.3 is 5.11 Å². The molecule has 5 rings (SSSR count). The molecule has 0 amide bonds. The molecule has 4 heteroatoms. The second-order valence-corrected chi connectivity index (χ2v) is 7.27. The zero-order chi connectivity index (χ0) is 14.0. The molecule has 0 aliphatic heterocycles. The first kappa shape index (κ1) is 12.3. The fourth-order valence-corrected chi connectivity index (χ4v) is 5.49. The van der Waals surface area contributed by atoms with Crippen LogP contribution in [0.15, 0.2) is 24.3 Å². The van der Waals surface area contributed by atoms with E-state index in [1.807, 2.05) is 12.1 Å². The number of nitro benzene ring substituents is 1. The summed E-state index contributed by atoms with van der Waals surface area (Å²) >= 11 is 0.